The lowest BCUT2D eigenvalue weighted by atomic mass is 10.1. The predicted octanol–water partition coefficient (Wildman–Crippen LogP) is 4.52. The molecule has 0 saturated carbocycles. The maximum Gasteiger partial charge on any atom is 0.332 e. The number of anilines is 2. The molecule has 0 atom stereocenters. The summed E-state index contributed by atoms with van der Waals surface area (Å²) in [5, 5.41) is 4.78. The first-order valence-electron chi connectivity index (χ1n) is 10.7. The smallest absolute Gasteiger partial charge is 0.332 e. The average molecular weight is 458 g/mol. The van der Waals surface area contributed by atoms with Gasteiger partial charge in [-0.2, -0.15) is 0 Å². The molecule has 3 heterocycles. The summed E-state index contributed by atoms with van der Waals surface area (Å²) in [6.07, 6.45) is 2.42. The third kappa shape index (κ3) is 3.52. The van der Waals surface area contributed by atoms with Gasteiger partial charge in [0.2, 0.25) is 0 Å². The fourth-order valence-electron chi connectivity index (χ4n) is 3.97. The molecule has 0 fully saturated rings. The summed E-state index contributed by atoms with van der Waals surface area (Å²) in [4.78, 5) is 34.5. The predicted molar refractivity (Wildman–Crippen MR) is 135 cm³/mol. The van der Waals surface area contributed by atoms with Gasteiger partial charge < -0.3 is 5.32 Å². The van der Waals surface area contributed by atoms with Crippen molar-refractivity contribution in [1.82, 2.24) is 19.1 Å². The lowest BCUT2D eigenvalue weighted by Crippen LogP contribution is -2.37. The fraction of sp³-hybridized carbons (Fsp3) is 0.200. The van der Waals surface area contributed by atoms with Gasteiger partial charge in [0.15, 0.2) is 5.65 Å². The number of pyridine rings is 1. The van der Waals surface area contributed by atoms with Gasteiger partial charge in [0.05, 0.1) is 15.9 Å². The molecule has 8 heteroatoms. The van der Waals surface area contributed by atoms with E-state index >= 15 is 0 Å². The molecule has 0 aliphatic heterocycles. The van der Waals surface area contributed by atoms with Crippen molar-refractivity contribution in [3.05, 3.63) is 80.6 Å². The van der Waals surface area contributed by atoms with Crippen molar-refractivity contribution in [3.8, 4) is 10.6 Å². The summed E-state index contributed by atoms with van der Waals surface area (Å²) in [7, 11) is 3.11. The molecule has 0 spiro atoms. The summed E-state index contributed by atoms with van der Waals surface area (Å²) < 4.78 is 3.69. The van der Waals surface area contributed by atoms with E-state index in [0.29, 0.717) is 23.1 Å². The number of nitrogens with one attached hydrogen (secondary N) is 1. The highest BCUT2D eigenvalue weighted by molar-refractivity contribution is 7.21. The van der Waals surface area contributed by atoms with Crippen LogP contribution in [0.4, 0.5) is 11.4 Å². The maximum absolute atomic E-state index is 13.0. The van der Waals surface area contributed by atoms with Crippen LogP contribution in [-0.4, -0.2) is 19.1 Å². The monoisotopic (exact) mass is 457 g/mol. The molecule has 5 aromatic rings. The van der Waals surface area contributed by atoms with Crippen LogP contribution in [-0.2, 0) is 20.5 Å². The van der Waals surface area contributed by atoms with E-state index in [4.69, 9.17) is 4.98 Å². The van der Waals surface area contributed by atoms with Gasteiger partial charge in [-0.1, -0.05) is 13.0 Å². The van der Waals surface area contributed by atoms with Crippen molar-refractivity contribution in [1.29, 1.82) is 0 Å². The molecule has 166 valence electrons. The first-order valence-corrected chi connectivity index (χ1v) is 11.5. The molecule has 3 aromatic heterocycles. The van der Waals surface area contributed by atoms with Gasteiger partial charge >= 0.3 is 5.69 Å². The van der Waals surface area contributed by atoms with Crippen molar-refractivity contribution in [2.75, 3.05) is 5.32 Å². The Morgan fingerprint density at radius 1 is 1.03 bits per heavy atom. The first-order chi connectivity index (χ1) is 15.9. The molecule has 0 aliphatic carbocycles. The highest BCUT2D eigenvalue weighted by Crippen LogP contribution is 2.32. The highest BCUT2D eigenvalue weighted by Gasteiger charge is 2.17. The molecular weight excluding hydrogens is 434 g/mol. The van der Waals surface area contributed by atoms with Gasteiger partial charge in [-0.3, -0.25) is 13.9 Å². The molecule has 0 aliphatic rings. The molecule has 33 heavy (non-hydrogen) atoms. The molecule has 0 unspecified atom stereocenters. The number of thiazole rings is 1. The largest absolute Gasteiger partial charge is 0.354 e. The van der Waals surface area contributed by atoms with Gasteiger partial charge in [-0.25, -0.2) is 14.8 Å². The Hall–Kier alpha value is -3.78. The van der Waals surface area contributed by atoms with Crippen LogP contribution in [0.15, 0.2) is 58.3 Å². The van der Waals surface area contributed by atoms with E-state index in [-0.39, 0.29) is 5.56 Å². The first kappa shape index (κ1) is 21.1. The zero-order valence-corrected chi connectivity index (χ0v) is 19.7. The van der Waals surface area contributed by atoms with Gasteiger partial charge in [0.25, 0.3) is 5.56 Å². The van der Waals surface area contributed by atoms with E-state index in [1.54, 1.807) is 24.6 Å². The SMILES string of the molecule is CCc1cnc2c(c1Nc1ccc(-c3nc4ccc(C)cc4s3)cc1)c(=O)n(C)c(=O)n2C. The lowest BCUT2D eigenvalue weighted by molar-refractivity contribution is 0.707. The number of nitrogens with zero attached hydrogens (tertiary/aromatic N) is 4. The second-order valence-corrected chi connectivity index (χ2v) is 9.14. The van der Waals surface area contributed by atoms with Crippen molar-refractivity contribution in [2.45, 2.75) is 20.3 Å². The normalized spacial score (nSPS) is 11.4. The van der Waals surface area contributed by atoms with E-state index in [0.717, 1.165) is 31.9 Å². The third-order valence-corrected chi connectivity index (χ3v) is 6.94. The number of rotatable bonds is 4. The second kappa shape index (κ2) is 7.97. The molecule has 0 bridgehead atoms. The van der Waals surface area contributed by atoms with Crippen molar-refractivity contribution >= 4 is 44.0 Å². The minimum atomic E-state index is -0.398. The van der Waals surface area contributed by atoms with E-state index in [1.165, 1.54) is 21.9 Å². The Morgan fingerprint density at radius 3 is 2.52 bits per heavy atom. The number of aryl methyl sites for hydroxylation is 3. The number of fused-ring (bicyclic) bond motifs is 2. The Kier molecular flexibility index (Phi) is 5.09. The van der Waals surface area contributed by atoms with Crippen LogP contribution in [0.2, 0.25) is 0 Å². The Bertz CT molecular complexity index is 1640. The minimum Gasteiger partial charge on any atom is -0.354 e. The van der Waals surface area contributed by atoms with Crippen LogP contribution in [0.25, 0.3) is 31.8 Å². The molecule has 0 saturated heterocycles. The molecule has 1 N–H and O–H groups in total. The molecule has 5 rings (SSSR count). The molecule has 0 radical (unpaired) electrons. The Labute approximate surface area is 194 Å². The summed E-state index contributed by atoms with van der Waals surface area (Å²) in [6.45, 7) is 4.09. The molecule has 7 nitrogen and oxygen atoms in total. The van der Waals surface area contributed by atoms with Gasteiger partial charge in [0.1, 0.15) is 10.4 Å². The van der Waals surface area contributed by atoms with Gasteiger partial charge in [-0.05, 0) is 60.9 Å². The summed E-state index contributed by atoms with van der Waals surface area (Å²) >= 11 is 1.67. The second-order valence-electron chi connectivity index (χ2n) is 8.11. The Morgan fingerprint density at radius 2 is 1.79 bits per heavy atom. The quantitative estimate of drug-likeness (QED) is 0.429. The van der Waals surface area contributed by atoms with Crippen LogP contribution in [0.1, 0.15) is 18.1 Å². The van der Waals surface area contributed by atoms with Gasteiger partial charge in [0, 0.05) is 31.5 Å². The van der Waals surface area contributed by atoms with Crippen molar-refractivity contribution in [2.24, 2.45) is 14.1 Å². The van der Waals surface area contributed by atoms with Crippen LogP contribution in [0, 0.1) is 6.92 Å². The van der Waals surface area contributed by atoms with E-state index in [2.05, 4.69) is 35.4 Å². The summed E-state index contributed by atoms with van der Waals surface area (Å²) in [5.74, 6) is 0. The average Bonchev–Trinajstić information content (AvgIpc) is 3.24. The molecule has 0 amide bonds. The summed E-state index contributed by atoms with van der Waals surface area (Å²) in [5.41, 5.74) is 5.29. The third-order valence-electron chi connectivity index (χ3n) is 5.87. The van der Waals surface area contributed by atoms with Crippen LogP contribution in [0.5, 0.6) is 0 Å². The number of hydrogen-bond acceptors (Lipinski definition) is 6. The number of benzene rings is 2. The Balaban J connectivity index is 1.57. The van der Waals surface area contributed by atoms with Crippen LogP contribution in [0.3, 0.4) is 0 Å². The van der Waals surface area contributed by atoms with Crippen LogP contribution >= 0.6 is 11.3 Å². The summed E-state index contributed by atoms with van der Waals surface area (Å²) in [6, 6.07) is 14.3. The van der Waals surface area contributed by atoms with E-state index < -0.39 is 5.69 Å². The number of hydrogen-bond donors (Lipinski definition) is 1. The van der Waals surface area contributed by atoms with E-state index in [1.807, 2.05) is 31.2 Å². The van der Waals surface area contributed by atoms with Crippen molar-refractivity contribution in [3.63, 3.8) is 0 Å². The highest BCUT2D eigenvalue weighted by atomic mass is 32.1. The molecular formula is C25H23N5O2S. The van der Waals surface area contributed by atoms with E-state index in [9.17, 15) is 9.59 Å². The fourth-order valence-corrected chi connectivity index (χ4v) is 5.04. The van der Waals surface area contributed by atoms with Gasteiger partial charge in [-0.15, -0.1) is 11.3 Å². The minimum absolute atomic E-state index is 0.361. The maximum atomic E-state index is 13.0. The standard InChI is InChI=1S/C25H23N5O2S/c1-5-15-13-26-22-20(24(31)30(4)25(32)29(22)3)21(15)27-17-9-7-16(8-10-17)23-28-18-11-6-14(2)12-19(18)33-23/h6-13H,5H2,1-4H3,(H,26,27). The number of aromatic nitrogens is 4. The molecule has 2 aromatic carbocycles. The topological polar surface area (TPSA) is 81.8 Å². The lowest BCUT2D eigenvalue weighted by Gasteiger charge is -2.15. The zero-order chi connectivity index (χ0) is 23.3. The van der Waals surface area contributed by atoms with Crippen LogP contribution < -0.4 is 16.6 Å². The zero-order valence-electron chi connectivity index (χ0n) is 18.8. The van der Waals surface area contributed by atoms with Crippen molar-refractivity contribution < 1.29 is 0 Å².